The highest BCUT2D eigenvalue weighted by Gasteiger charge is 2.24. The molecule has 0 saturated heterocycles. The van der Waals surface area contributed by atoms with E-state index < -0.39 is 67.6 Å². The molecule has 0 aliphatic rings. The van der Waals surface area contributed by atoms with Crippen LogP contribution in [0.2, 0.25) is 0 Å². The van der Waals surface area contributed by atoms with Gasteiger partial charge in [-0.05, 0) is 109 Å². The largest absolute Gasteiger partial charge is 0.480 e. The van der Waals surface area contributed by atoms with E-state index in [1.165, 1.54) is 5.56 Å². The Morgan fingerprint density at radius 2 is 1.31 bits per heavy atom. The van der Waals surface area contributed by atoms with Crippen LogP contribution in [-0.4, -0.2) is 87.0 Å². The first kappa shape index (κ1) is 45.8. The van der Waals surface area contributed by atoms with Gasteiger partial charge in [-0.1, -0.05) is 57.8 Å². The Morgan fingerprint density at radius 1 is 0.863 bits per heavy atom. The average Bonchev–Trinajstić information content (AvgIpc) is 3.01. The number of aryl methyl sites for hydroxylation is 2. The SMILES string of the molecule is CC(C)(C)OC(=O)N[C@@H](CO)C(=O)O.Cc1cc(CC(=O)[C@H](CO)NC(=O)OC(C)(C)C)ccc1Br.Cc1cc(N)ccc1Br.[2H]C([3H])CC(O)CC. The minimum atomic E-state index is -1.33. The van der Waals surface area contributed by atoms with Crippen LogP contribution < -0.4 is 16.4 Å². The number of ether oxygens (including phenoxy) is 2. The third kappa shape index (κ3) is 25.4. The fraction of sp³-hybridized carbons (Fsp3) is 0.556. The number of benzene rings is 2. The number of nitrogens with one attached hydrogen (secondary N) is 2. The van der Waals surface area contributed by atoms with Gasteiger partial charge in [0.15, 0.2) is 11.8 Å². The minimum absolute atomic E-state index is 0.134. The third-order valence-corrected chi connectivity index (χ3v) is 7.74. The van der Waals surface area contributed by atoms with Gasteiger partial charge in [0.25, 0.3) is 0 Å². The first-order valence-corrected chi connectivity index (χ1v) is 17.6. The van der Waals surface area contributed by atoms with Gasteiger partial charge in [0.05, 0.1) is 19.3 Å². The number of amides is 2. The Kier molecular flexibility index (Phi) is 22.3. The molecular weight excluding hydrogens is 794 g/mol. The van der Waals surface area contributed by atoms with E-state index in [1.807, 2.05) is 62.5 Å². The van der Waals surface area contributed by atoms with Crippen molar-refractivity contribution in [3.8, 4) is 0 Å². The highest BCUT2D eigenvalue weighted by molar-refractivity contribution is 9.10. The molecule has 4 atom stereocenters. The predicted octanol–water partition coefficient (Wildman–Crippen LogP) is 6.22. The number of carbonyl (C=O) groups is 4. The van der Waals surface area contributed by atoms with Crippen LogP contribution in [0.4, 0.5) is 15.3 Å². The van der Waals surface area contributed by atoms with E-state index in [2.05, 4.69) is 37.2 Å². The summed E-state index contributed by atoms with van der Waals surface area (Å²) in [6, 6.07) is 9.04. The third-order valence-electron chi connectivity index (χ3n) is 5.96. The number of anilines is 1. The number of nitrogens with two attached hydrogens (primary N) is 1. The lowest BCUT2D eigenvalue weighted by Crippen LogP contribution is -2.46. The van der Waals surface area contributed by atoms with E-state index in [0.29, 0.717) is 6.42 Å². The molecule has 8 N–H and O–H groups in total. The number of aliphatic carboxylic acids is 1. The van der Waals surface area contributed by atoms with Gasteiger partial charge in [-0.15, -0.1) is 0 Å². The lowest BCUT2D eigenvalue weighted by molar-refractivity contribution is -0.140. The van der Waals surface area contributed by atoms with Crippen LogP contribution in [0, 0.1) is 13.8 Å². The quantitative estimate of drug-likeness (QED) is 0.133. The van der Waals surface area contributed by atoms with Crippen LogP contribution in [0.15, 0.2) is 45.3 Å². The molecule has 2 unspecified atom stereocenters. The number of carboxylic acids is 1. The molecule has 2 rings (SSSR count). The number of rotatable bonds is 10. The molecule has 0 radical (unpaired) electrons. The Bertz CT molecular complexity index is 1440. The van der Waals surface area contributed by atoms with Crippen LogP contribution >= 0.6 is 31.9 Å². The average molecular weight is 855 g/mol. The number of carbonyl (C=O) groups excluding carboxylic acids is 3. The number of aliphatic hydroxyl groups excluding tert-OH is 3. The Labute approximate surface area is 321 Å². The summed E-state index contributed by atoms with van der Waals surface area (Å²) < 4.78 is 25.4. The van der Waals surface area contributed by atoms with Crippen LogP contribution in [0.3, 0.4) is 0 Å². The monoisotopic (exact) mass is 852 g/mol. The van der Waals surface area contributed by atoms with Gasteiger partial charge in [-0.25, -0.2) is 14.4 Å². The highest BCUT2D eigenvalue weighted by Crippen LogP contribution is 2.18. The van der Waals surface area contributed by atoms with Crippen LogP contribution in [0.1, 0.15) is 87.6 Å². The van der Waals surface area contributed by atoms with Crippen molar-refractivity contribution < 1.29 is 51.8 Å². The van der Waals surface area contributed by atoms with E-state index in [1.54, 1.807) is 41.5 Å². The molecule has 0 spiro atoms. The van der Waals surface area contributed by atoms with E-state index in [4.69, 9.17) is 33.3 Å². The van der Waals surface area contributed by atoms with Crippen molar-refractivity contribution in [3.05, 3.63) is 62.0 Å². The van der Waals surface area contributed by atoms with Gasteiger partial charge in [0.1, 0.15) is 17.2 Å². The summed E-state index contributed by atoms with van der Waals surface area (Å²) >= 11 is 6.77. The number of nitrogen functional groups attached to an aromatic ring is 1. The summed E-state index contributed by atoms with van der Waals surface area (Å²) in [6.07, 6.45) is -0.972. The lowest BCUT2D eigenvalue weighted by atomic mass is 10.0. The molecule has 15 heteroatoms. The number of hydrogen-bond donors (Lipinski definition) is 7. The second-order valence-corrected chi connectivity index (χ2v) is 14.8. The van der Waals surface area contributed by atoms with Crippen molar-refractivity contribution in [1.82, 2.24) is 10.6 Å². The summed E-state index contributed by atoms with van der Waals surface area (Å²) in [5, 5.41) is 39.6. The van der Waals surface area contributed by atoms with E-state index in [0.717, 1.165) is 25.8 Å². The molecule has 2 aromatic rings. The summed E-state index contributed by atoms with van der Waals surface area (Å²) in [7, 11) is 0. The fourth-order valence-corrected chi connectivity index (χ4v) is 3.78. The number of halogens is 2. The maximum Gasteiger partial charge on any atom is 0.408 e. The zero-order valence-corrected chi connectivity index (χ0v) is 34.1. The first-order valence-electron chi connectivity index (χ1n) is 17.2. The predicted molar refractivity (Wildman–Crippen MR) is 206 cm³/mol. The van der Waals surface area contributed by atoms with Crippen LogP contribution in [0.25, 0.3) is 0 Å². The highest BCUT2D eigenvalue weighted by atomic mass is 79.9. The minimum Gasteiger partial charge on any atom is -0.480 e. The standard InChI is InChI=1S/C16H22BrNO4.C8H15NO5.C7H8BrN.C5H12O/c1-10-7-11(5-6-12(10)17)8-14(20)13(9-19)18-15(21)22-16(2,3)4;1-8(2,3)14-7(13)9-5(4-10)6(11)12;1-5-4-6(9)2-3-7(5)8;1-3-5(6)4-2/h5-7,13,19H,8-9H2,1-4H3,(H,18,21);5,10H,4H2,1-3H3,(H,9,13)(H,11,12);2-4H,9H2,1H3;5-6H,3-4H2,1-2H3/t13-;5-;;/m00../s1/i;;;1TD. The number of Topliss-reactive ketones (excluding diaryl/α,β-unsaturated/α-hetero) is 1. The lowest BCUT2D eigenvalue weighted by Gasteiger charge is -2.22. The van der Waals surface area contributed by atoms with Gasteiger partial charge < -0.3 is 46.3 Å². The van der Waals surface area contributed by atoms with Gasteiger partial charge in [-0.3, -0.25) is 4.79 Å². The van der Waals surface area contributed by atoms with Gasteiger partial charge in [0, 0.05) is 23.8 Å². The number of aliphatic hydroxyl groups is 3. The molecule has 0 aliphatic heterocycles. The maximum atomic E-state index is 12.2. The molecule has 0 saturated carbocycles. The van der Waals surface area contributed by atoms with Crippen molar-refractivity contribution in [3.63, 3.8) is 0 Å². The van der Waals surface area contributed by atoms with E-state index >= 15 is 0 Å². The smallest absolute Gasteiger partial charge is 0.408 e. The first-order chi connectivity index (χ1) is 24.2. The van der Waals surface area contributed by atoms with E-state index in [-0.39, 0.29) is 18.6 Å². The van der Waals surface area contributed by atoms with Gasteiger partial charge >= 0.3 is 18.2 Å². The number of ketones is 1. The number of alkyl carbamates (subject to hydrolysis) is 2. The Hall–Kier alpha value is -3.24. The summed E-state index contributed by atoms with van der Waals surface area (Å²) in [5.41, 5.74) is 8.00. The fourth-order valence-electron chi connectivity index (χ4n) is 3.29. The van der Waals surface area contributed by atoms with Crippen molar-refractivity contribution in [2.24, 2.45) is 0 Å². The Morgan fingerprint density at radius 3 is 1.65 bits per heavy atom. The molecule has 0 bridgehead atoms. The molecule has 0 heterocycles. The molecule has 2 aromatic carbocycles. The molecule has 13 nitrogen and oxygen atoms in total. The second kappa shape index (κ2) is 24.9. The summed E-state index contributed by atoms with van der Waals surface area (Å²) in [5.74, 6) is -1.58. The normalized spacial score (nSPS) is 13.6. The van der Waals surface area contributed by atoms with Crippen molar-refractivity contribution >= 4 is 61.5 Å². The van der Waals surface area contributed by atoms with Crippen LogP contribution in [-0.2, 0) is 25.5 Å². The molecule has 0 aromatic heterocycles. The summed E-state index contributed by atoms with van der Waals surface area (Å²) in [6.45, 7) is 13.9. The molecular formula is C36H57Br2N3O10. The molecule has 51 heavy (non-hydrogen) atoms. The van der Waals surface area contributed by atoms with Gasteiger partial charge in [-0.2, -0.15) is 0 Å². The second-order valence-electron chi connectivity index (χ2n) is 13.1. The van der Waals surface area contributed by atoms with Crippen LogP contribution in [0.5, 0.6) is 0 Å². The molecule has 0 aliphatic carbocycles. The topological polar surface area (TPSA) is 218 Å². The zero-order chi connectivity index (χ0) is 41.7. The maximum absolute atomic E-state index is 12.2. The molecule has 290 valence electrons. The summed E-state index contributed by atoms with van der Waals surface area (Å²) in [4.78, 5) is 45.3. The van der Waals surface area contributed by atoms with Crippen molar-refractivity contribution in [1.29, 1.82) is 0 Å². The van der Waals surface area contributed by atoms with Crippen molar-refractivity contribution in [2.75, 3.05) is 18.9 Å². The van der Waals surface area contributed by atoms with Gasteiger partial charge in [0.2, 0.25) is 0 Å². The van der Waals surface area contributed by atoms with Crippen molar-refractivity contribution in [2.45, 2.75) is 118 Å². The Balaban J connectivity index is 0. The zero-order valence-electron chi connectivity index (χ0n) is 32.9. The number of hydrogen-bond acceptors (Lipinski definition) is 10. The molecule has 2 amide bonds. The number of carboxylic acid groups (broad SMARTS) is 1. The van der Waals surface area contributed by atoms with E-state index in [9.17, 15) is 24.3 Å². The molecule has 0 fully saturated rings.